The molecule has 1 amide bonds. The minimum Gasteiger partial charge on any atom is -0.336 e. The number of likely N-dealkylation sites (tertiary alicyclic amines) is 1. The summed E-state index contributed by atoms with van der Waals surface area (Å²) in [6.07, 6.45) is 3.53. The standard InChI is InChI=1S/C14H19NO/c1-11-7-3-4-9-13(11)14(16)15-10-6-5-8-12(15)2/h3-4,7,9,12H,5-6,8,10H2,1-2H3/t12-/m1/s1. The van der Waals surface area contributed by atoms with Gasteiger partial charge in [0.2, 0.25) is 0 Å². The van der Waals surface area contributed by atoms with E-state index in [0.717, 1.165) is 30.5 Å². The molecule has 1 aliphatic rings. The van der Waals surface area contributed by atoms with Crippen molar-refractivity contribution in [2.45, 2.75) is 39.2 Å². The van der Waals surface area contributed by atoms with Crippen LogP contribution in [0.5, 0.6) is 0 Å². The summed E-state index contributed by atoms with van der Waals surface area (Å²) in [6, 6.07) is 8.24. The minimum absolute atomic E-state index is 0.199. The molecule has 0 spiro atoms. The molecule has 1 aliphatic heterocycles. The van der Waals surface area contributed by atoms with Gasteiger partial charge >= 0.3 is 0 Å². The van der Waals surface area contributed by atoms with E-state index in [4.69, 9.17) is 0 Å². The van der Waals surface area contributed by atoms with Crippen molar-refractivity contribution in [1.29, 1.82) is 0 Å². The largest absolute Gasteiger partial charge is 0.336 e. The molecule has 0 radical (unpaired) electrons. The van der Waals surface area contributed by atoms with Crippen LogP contribution in [-0.4, -0.2) is 23.4 Å². The highest BCUT2D eigenvalue weighted by Crippen LogP contribution is 2.20. The van der Waals surface area contributed by atoms with Crippen LogP contribution in [-0.2, 0) is 0 Å². The van der Waals surface area contributed by atoms with Gasteiger partial charge in [0, 0.05) is 18.2 Å². The topological polar surface area (TPSA) is 20.3 Å². The number of aryl methyl sites for hydroxylation is 1. The Bertz CT molecular complexity index is 386. The Balaban J connectivity index is 2.21. The smallest absolute Gasteiger partial charge is 0.254 e. The Hall–Kier alpha value is -1.31. The van der Waals surface area contributed by atoms with E-state index in [1.54, 1.807) is 0 Å². The summed E-state index contributed by atoms with van der Waals surface area (Å²) in [5.41, 5.74) is 1.93. The maximum atomic E-state index is 12.4. The number of benzene rings is 1. The predicted molar refractivity (Wildman–Crippen MR) is 65.5 cm³/mol. The molecular weight excluding hydrogens is 198 g/mol. The first-order valence-corrected chi connectivity index (χ1v) is 6.07. The van der Waals surface area contributed by atoms with Crippen LogP contribution in [0.15, 0.2) is 24.3 Å². The molecule has 2 heteroatoms. The molecule has 2 nitrogen and oxygen atoms in total. The number of carbonyl (C=O) groups excluding carboxylic acids is 1. The molecule has 0 bridgehead atoms. The summed E-state index contributed by atoms with van der Waals surface area (Å²) < 4.78 is 0. The van der Waals surface area contributed by atoms with Gasteiger partial charge in [-0.1, -0.05) is 18.2 Å². The van der Waals surface area contributed by atoms with Crippen LogP contribution in [0.4, 0.5) is 0 Å². The average Bonchev–Trinajstić information content (AvgIpc) is 2.29. The zero-order chi connectivity index (χ0) is 11.5. The summed E-state index contributed by atoms with van der Waals surface area (Å²) in [5.74, 6) is 0.199. The molecule has 1 heterocycles. The van der Waals surface area contributed by atoms with Crippen molar-refractivity contribution in [1.82, 2.24) is 4.90 Å². The second kappa shape index (κ2) is 4.69. The van der Waals surface area contributed by atoms with Crippen molar-refractivity contribution >= 4 is 5.91 Å². The summed E-state index contributed by atoms with van der Waals surface area (Å²) >= 11 is 0. The summed E-state index contributed by atoms with van der Waals surface area (Å²) in [7, 11) is 0. The third kappa shape index (κ3) is 2.11. The maximum absolute atomic E-state index is 12.4. The number of hydrogen-bond acceptors (Lipinski definition) is 1. The van der Waals surface area contributed by atoms with Crippen molar-refractivity contribution in [3.63, 3.8) is 0 Å². The van der Waals surface area contributed by atoms with Crippen molar-refractivity contribution in [2.24, 2.45) is 0 Å². The van der Waals surface area contributed by atoms with E-state index in [1.807, 2.05) is 36.1 Å². The van der Waals surface area contributed by atoms with Gasteiger partial charge in [-0.25, -0.2) is 0 Å². The molecule has 1 aromatic carbocycles. The number of carbonyl (C=O) groups is 1. The summed E-state index contributed by atoms with van der Waals surface area (Å²) in [4.78, 5) is 14.4. The molecule has 2 rings (SSSR count). The van der Waals surface area contributed by atoms with Crippen LogP contribution < -0.4 is 0 Å². The van der Waals surface area contributed by atoms with E-state index in [1.165, 1.54) is 6.42 Å². The van der Waals surface area contributed by atoms with Crippen molar-refractivity contribution in [3.8, 4) is 0 Å². The van der Waals surface area contributed by atoms with Gasteiger partial charge in [-0.05, 0) is 44.7 Å². The predicted octanol–water partition coefficient (Wildman–Crippen LogP) is 3.01. The van der Waals surface area contributed by atoms with Gasteiger partial charge in [0.25, 0.3) is 5.91 Å². The van der Waals surface area contributed by atoms with Gasteiger partial charge in [0.05, 0.1) is 0 Å². The summed E-state index contributed by atoms with van der Waals surface area (Å²) in [5, 5.41) is 0. The Labute approximate surface area is 97.3 Å². The van der Waals surface area contributed by atoms with E-state index in [2.05, 4.69) is 6.92 Å². The lowest BCUT2D eigenvalue weighted by Gasteiger charge is -2.33. The van der Waals surface area contributed by atoms with Gasteiger partial charge in [-0.15, -0.1) is 0 Å². The lowest BCUT2D eigenvalue weighted by atomic mass is 10.0. The first-order chi connectivity index (χ1) is 7.70. The quantitative estimate of drug-likeness (QED) is 0.708. The molecule has 0 aromatic heterocycles. The van der Waals surface area contributed by atoms with E-state index in [-0.39, 0.29) is 5.91 Å². The van der Waals surface area contributed by atoms with Crippen LogP contribution in [0, 0.1) is 6.92 Å². The van der Waals surface area contributed by atoms with E-state index >= 15 is 0 Å². The summed E-state index contributed by atoms with van der Waals surface area (Å²) in [6.45, 7) is 5.06. The SMILES string of the molecule is Cc1ccccc1C(=O)N1CCCC[C@H]1C. The average molecular weight is 217 g/mol. The van der Waals surface area contributed by atoms with E-state index in [9.17, 15) is 4.79 Å². The second-order valence-corrected chi connectivity index (χ2v) is 4.66. The fourth-order valence-corrected chi connectivity index (χ4v) is 2.37. The van der Waals surface area contributed by atoms with Gasteiger partial charge in [-0.2, -0.15) is 0 Å². The molecule has 0 saturated carbocycles. The Morgan fingerprint density at radius 3 is 2.75 bits per heavy atom. The zero-order valence-corrected chi connectivity index (χ0v) is 10.1. The molecule has 86 valence electrons. The van der Waals surface area contributed by atoms with Gasteiger partial charge in [0.1, 0.15) is 0 Å². The third-order valence-electron chi connectivity index (χ3n) is 3.44. The van der Waals surface area contributed by atoms with Gasteiger partial charge in [0.15, 0.2) is 0 Å². The highest BCUT2D eigenvalue weighted by molar-refractivity contribution is 5.95. The highest BCUT2D eigenvalue weighted by Gasteiger charge is 2.24. The van der Waals surface area contributed by atoms with Crippen molar-refractivity contribution in [3.05, 3.63) is 35.4 Å². The maximum Gasteiger partial charge on any atom is 0.254 e. The lowest BCUT2D eigenvalue weighted by Crippen LogP contribution is -2.42. The lowest BCUT2D eigenvalue weighted by molar-refractivity contribution is 0.0635. The molecule has 0 N–H and O–H groups in total. The molecule has 1 atom stereocenters. The molecule has 1 saturated heterocycles. The number of hydrogen-bond donors (Lipinski definition) is 0. The molecule has 0 unspecified atom stereocenters. The molecular formula is C14H19NO. The van der Waals surface area contributed by atoms with Crippen LogP contribution in [0.2, 0.25) is 0 Å². The normalized spacial score (nSPS) is 20.9. The Kier molecular flexibility index (Phi) is 3.28. The highest BCUT2D eigenvalue weighted by atomic mass is 16.2. The molecule has 1 aromatic rings. The van der Waals surface area contributed by atoms with Crippen LogP contribution in [0.25, 0.3) is 0 Å². The number of amides is 1. The third-order valence-corrected chi connectivity index (χ3v) is 3.44. The fraction of sp³-hybridized carbons (Fsp3) is 0.500. The second-order valence-electron chi connectivity index (χ2n) is 4.66. The zero-order valence-electron chi connectivity index (χ0n) is 10.1. The van der Waals surface area contributed by atoms with E-state index in [0.29, 0.717) is 6.04 Å². The van der Waals surface area contributed by atoms with Crippen LogP contribution >= 0.6 is 0 Å². The fourth-order valence-electron chi connectivity index (χ4n) is 2.37. The van der Waals surface area contributed by atoms with Gasteiger partial charge < -0.3 is 4.90 Å². The van der Waals surface area contributed by atoms with Crippen molar-refractivity contribution in [2.75, 3.05) is 6.54 Å². The Morgan fingerprint density at radius 1 is 1.31 bits per heavy atom. The number of nitrogens with zero attached hydrogens (tertiary/aromatic N) is 1. The molecule has 0 aliphatic carbocycles. The minimum atomic E-state index is 0.199. The monoisotopic (exact) mass is 217 g/mol. The Morgan fingerprint density at radius 2 is 2.06 bits per heavy atom. The van der Waals surface area contributed by atoms with Crippen LogP contribution in [0.3, 0.4) is 0 Å². The van der Waals surface area contributed by atoms with Crippen LogP contribution in [0.1, 0.15) is 42.1 Å². The van der Waals surface area contributed by atoms with Crippen molar-refractivity contribution < 1.29 is 4.79 Å². The molecule has 16 heavy (non-hydrogen) atoms. The number of piperidine rings is 1. The number of rotatable bonds is 1. The van der Waals surface area contributed by atoms with Gasteiger partial charge in [-0.3, -0.25) is 4.79 Å². The van der Waals surface area contributed by atoms with E-state index < -0.39 is 0 Å². The molecule has 1 fully saturated rings. The first-order valence-electron chi connectivity index (χ1n) is 6.07. The first kappa shape index (κ1) is 11.2.